The van der Waals surface area contributed by atoms with Gasteiger partial charge in [0.15, 0.2) is 0 Å². The molecule has 0 aliphatic rings. The molecule has 3 aromatic carbocycles. The van der Waals surface area contributed by atoms with Crippen molar-refractivity contribution >= 4 is 17.3 Å². The predicted octanol–water partition coefficient (Wildman–Crippen LogP) is 4.84. The van der Waals surface area contributed by atoms with E-state index in [9.17, 15) is 4.79 Å². The summed E-state index contributed by atoms with van der Waals surface area (Å²) in [5, 5.41) is 5.96. The van der Waals surface area contributed by atoms with E-state index in [0.717, 1.165) is 28.4 Å². The van der Waals surface area contributed by atoms with Crippen LogP contribution in [0.15, 0.2) is 78.9 Å². The molecule has 25 heavy (non-hydrogen) atoms. The molecule has 0 aliphatic carbocycles. The summed E-state index contributed by atoms with van der Waals surface area (Å²) in [7, 11) is 0. The number of carbonyl (C=O) groups is 1. The van der Waals surface area contributed by atoms with E-state index < -0.39 is 0 Å². The van der Waals surface area contributed by atoms with Crippen molar-refractivity contribution < 1.29 is 9.53 Å². The molecule has 0 aromatic heterocycles. The Kier molecular flexibility index (Phi) is 5.32. The highest BCUT2D eigenvalue weighted by Gasteiger charge is 2.03. The molecular weight excluding hydrogens is 312 g/mol. The van der Waals surface area contributed by atoms with E-state index in [1.807, 2.05) is 85.8 Å². The number of hydrogen-bond acceptors (Lipinski definition) is 3. The maximum absolute atomic E-state index is 12.0. The van der Waals surface area contributed by atoms with Crippen LogP contribution in [-0.4, -0.2) is 12.5 Å². The number of benzene rings is 3. The first-order valence-electron chi connectivity index (χ1n) is 8.12. The lowest BCUT2D eigenvalue weighted by atomic mass is 10.2. The fraction of sp³-hybridized carbons (Fsp3) is 0.0952. The zero-order chi connectivity index (χ0) is 17.5. The molecule has 4 nitrogen and oxygen atoms in total. The average Bonchev–Trinajstić information content (AvgIpc) is 2.64. The molecule has 0 unspecified atom stereocenters. The largest absolute Gasteiger partial charge is 0.457 e. The lowest BCUT2D eigenvalue weighted by Gasteiger charge is -2.09. The van der Waals surface area contributed by atoms with Gasteiger partial charge >= 0.3 is 0 Å². The van der Waals surface area contributed by atoms with E-state index in [0.29, 0.717) is 0 Å². The van der Waals surface area contributed by atoms with E-state index >= 15 is 0 Å². The van der Waals surface area contributed by atoms with Gasteiger partial charge < -0.3 is 15.4 Å². The van der Waals surface area contributed by atoms with Crippen LogP contribution in [0, 0.1) is 6.92 Å². The van der Waals surface area contributed by atoms with Gasteiger partial charge in [0.1, 0.15) is 11.5 Å². The van der Waals surface area contributed by atoms with Gasteiger partial charge in [-0.25, -0.2) is 0 Å². The van der Waals surface area contributed by atoms with Crippen molar-refractivity contribution in [3.63, 3.8) is 0 Å². The Hall–Kier alpha value is -3.27. The lowest BCUT2D eigenvalue weighted by Crippen LogP contribution is -2.21. The van der Waals surface area contributed by atoms with Crippen molar-refractivity contribution in [1.29, 1.82) is 0 Å². The molecule has 0 spiro atoms. The summed E-state index contributed by atoms with van der Waals surface area (Å²) in [5.41, 5.74) is 2.82. The van der Waals surface area contributed by atoms with Crippen molar-refractivity contribution in [3.8, 4) is 11.5 Å². The number of carbonyl (C=O) groups excluding carboxylic acids is 1. The van der Waals surface area contributed by atoms with E-state index in [-0.39, 0.29) is 12.5 Å². The minimum Gasteiger partial charge on any atom is -0.457 e. The number of hydrogen-bond donors (Lipinski definition) is 2. The molecule has 0 saturated carbocycles. The third-order valence-corrected chi connectivity index (χ3v) is 3.62. The third-order valence-electron chi connectivity index (χ3n) is 3.62. The number of aryl methyl sites for hydroxylation is 1. The quantitative estimate of drug-likeness (QED) is 0.679. The molecule has 0 radical (unpaired) electrons. The molecule has 0 saturated heterocycles. The number of amides is 1. The van der Waals surface area contributed by atoms with Gasteiger partial charge in [0, 0.05) is 11.4 Å². The molecule has 0 bridgehead atoms. The van der Waals surface area contributed by atoms with Crippen LogP contribution >= 0.6 is 0 Å². The molecule has 0 fully saturated rings. The lowest BCUT2D eigenvalue weighted by molar-refractivity contribution is -0.114. The summed E-state index contributed by atoms with van der Waals surface area (Å²) >= 11 is 0. The molecule has 2 N–H and O–H groups in total. The van der Waals surface area contributed by atoms with E-state index in [4.69, 9.17) is 4.74 Å². The van der Waals surface area contributed by atoms with Crippen molar-refractivity contribution in [2.24, 2.45) is 0 Å². The molecule has 3 aromatic rings. The molecule has 3 rings (SSSR count). The minimum atomic E-state index is -0.0894. The number of ether oxygens (including phenoxy) is 1. The van der Waals surface area contributed by atoms with Crippen molar-refractivity contribution in [3.05, 3.63) is 84.4 Å². The Balaban J connectivity index is 1.49. The Morgan fingerprint density at radius 2 is 1.40 bits per heavy atom. The SMILES string of the molecule is Cc1ccc(NC(=O)CNc2ccc(Oc3ccccc3)cc2)cc1. The number of para-hydroxylation sites is 1. The zero-order valence-electron chi connectivity index (χ0n) is 14.0. The third kappa shape index (κ3) is 5.11. The maximum atomic E-state index is 12.0. The smallest absolute Gasteiger partial charge is 0.243 e. The highest BCUT2D eigenvalue weighted by molar-refractivity contribution is 5.93. The van der Waals surface area contributed by atoms with E-state index in [1.165, 1.54) is 0 Å². The Morgan fingerprint density at radius 3 is 2.08 bits per heavy atom. The Morgan fingerprint density at radius 1 is 0.800 bits per heavy atom. The summed E-state index contributed by atoms with van der Waals surface area (Å²) in [6, 6.07) is 24.8. The first-order chi connectivity index (χ1) is 12.2. The average molecular weight is 332 g/mol. The second-order valence-electron chi connectivity index (χ2n) is 5.71. The van der Waals surface area contributed by atoms with Crippen LogP contribution < -0.4 is 15.4 Å². The van der Waals surface area contributed by atoms with Crippen LogP contribution in [0.2, 0.25) is 0 Å². The van der Waals surface area contributed by atoms with Gasteiger partial charge in [0.2, 0.25) is 5.91 Å². The summed E-state index contributed by atoms with van der Waals surface area (Å²) in [6.45, 7) is 2.21. The van der Waals surface area contributed by atoms with E-state index in [2.05, 4.69) is 10.6 Å². The standard InChI is InChI=1S/C21H20N2O2/c1-16-7-9-18(10-8-16)23-21(24)15-22-17-11-13-20(14-12-17)25-19-5-3-2-4-6-19/h2-14,22H,15H2,1H3,(H,23,24). The molecule has 1 amide bonds. The van der Waals surface area contributed by atoms with Crippen LogP contribution in [0.25, 0.3) is 0 Å². The van der Waals surface area contributed by atoms with Gasteiger partial charge in [-0.15, -0.1) is 0 Å². The highest BCUT2D eigenvalue weighted by Crippen LogP contribution is 2.22. The van der Waals surface area contributed by atoms with Crippen LogP contribution in [0.4, 0.5) is 11.4 Å². The predicted molar refractivity (Wildman–Crippen MR) is 101 cm³/mol. The Labute approximate surface area is 147 Å². The van der Waals surface area contributed by atoms with Crippen molar-refractivity contribution in [2.45, 2.75) is 6.92 Å². The fourth-order valence-corrected chi connectivity index (χ4v) is 2.29. The summed E-state index contributed by atoms with van der Waals surface area (Å²) < 4.78 is 5.74. The highest BCUT2D eigenvalue weighted by atomic mass is 16.5. The minimum absolute atomic E-state index is 0.0894. The molecule has 4 heteroatoms. The number of anilines is 2. The van der Waals surface area contributed by atoms with Crippen LogP contribution in [0.1, 0.15) is 5.56 Å². The molecule has 0 aliphatic heterocycles. The molecule has 0 atom stereocenters. The van der Waals surface area contributed by atoms with Gasteiger partial charge in [0.05, 0.1) is 6.54 Å². The second-order valence-corrected chi connectivity index (χ2v) is 5.71. The Bertz CT molecular complexity index is 813. The number of rotatable bonds is 6. The fourth-order valence-electron chi connectivity index (χ4n) is 2.29. The van der Waals surface area contributed by atoms with Crippen molar-refractivity contribution in [1.82, 2.24) is 0 Å². The first-order valence-corrected chi connectivity index (χ1v) is 8.12. The first kappa shape index (κ1) is 16.6. The van der Waals surface area contributed by atoms with Gasteiger partial charge in [-0.05, 0) is 55.5 Å². The van der Waals surface area contributed by atoms with E-state index in [1.54, 1.807) is 0 Å². The van der Waals surface area contributed by atoms with Gasteiger partial charge in [0.25, 0.3) is 0 Å². The monoisotopic (exact) mass is 332 g/mol. The summed E-state index contributed by atoms with van der Waals surface area (Å²) in [4.78, 5) is 12.0. The van der Waals surface area contributed by atoms with Gasteiger partial charge in [-0.2, -0.15) is 0 Å². The normalized spacial score (nSPS) is 10.1. The van der Waals surface area contributed by atoms with Crippen molar-refractivity contribution in [2.75, 3.05) is 17.2 Å². The number of nitrogens with one attached hydrogen (secondary N) is 2. The van der Waals surface area contributed by atoms with Gasteiger partial charge in [-0.3, -0.25) is 4.79 Å². The topological polar surface area (TPSA) is 50.4 Å². The van der Waals surface area contributed by atoms with Gasteiger partial charge in [-0.1, -0.05) is 35.9 Å². The summed E-state index contributed by atoms with van der Waals surface area (Å²) in [6.07, 6.45) is 0. The summed E-state index contributed by atoms with van der Waals surface area (Å²) in [5.74, 6) is 1.45. The van der Waals surface area contributed by atoms with Crippen LogP contribution in [0.5, 0.6) is 11.5 Å². The maximum Gasteiger partial charge on any atom is 0.243 e. The van der Waals surface area contributed by atoms with Crippen LogP contribution in [0.3, 0.4) is 0 Å². The molecule has 0 heterocycles. The molecular formula is C21H20N2O2. The van der Waals surface area contributed by atoms with Crippen LogP contribution in [-0.2, 0) is 4.79 Å². The zero-order valence-corrected chi connectivity index (χ0v) is 14.0. The molecule has 126 valence electrons. The second kappa shape index (κ2) is 8.02.